The number of ether oxygens (including phenoxy) is 2. The van der Waals surface area contributed by atoms with E-state index in [1.54, 1.807) is 0 Å². The third kappa shape index (κ3) is 4.84. The Balaban J connectivity index is 0.00000364. The van der Waals surface area contributed by atoms with Crippen LogP contribution in [0.4, 0.5) is 0 Å². The predicted molar refractivity (Wildman–Crippen MR) is 99.5 cm³/mol. The van der Waals surface area contributed by atoms with Gasteiger partial charge in [0.05, 0.1) is 19.7 Å². The molecule has 0 radical (unpaired) electrons. The third-order valence-corrected chi connectivity index (χ3v) is 4.33. The fourth-order valence-electron chi connectivity index (χ4n) is 2.77. The molecule has 1 aromatic carbocycles. The van der Waals surface area contributed by atoms with Crippen LogP contribution in [0.15, 0.2) is 16.9 Å². The van der Waals surface area contributed by atoms with Crippen molar-refractivity contribution in [3.8, 4) is 17.2 Å². The van der Waals surface area contributed by atoms with E-state index >= 15 is 0 Å². The van der Waals surface area contributed by atoms with Crippen molar-refractivity contribution in [2.45, 2.75) is 13.8 Å². The van der Waals surface area contributed by atoms with Gasteiger partial charge in [-0.1, -0.05) is 13.8 Å². The number of carbonyl (C=O) groups excluding carboxylic acids is 1. The van der Waals surface area contributed by atoms with E-state index in [0.29, 0.717) is 35.5 Å². The molecular formula is C18H25ClN3O5-. The highest BCUT2D eigenvalue weighted by molar-refractivity contribution is 6.02. The number of benzene rings is 1. The maximum atomic E-state index is 12.4. The van der Waals surface area contributed by atoms with Gasteiger partial charge in [0.1, 0.15) is 11.3 Å². The number of likely N-dealkylation sites (N-methyl/N-ethyl adjacent to an activating group) is 1. The van der Waals surface area contributed by atoms with E-state index in [2.05, 4.69) is 15.2 Å². The maximum absolute atomic E-state index is 12.4. The number of amides is 1. The zero-order valence-electron chi connectivity index (χ0n) is 15.9. The van der Waals surface area contributed by atoms with Gasteiger partial charge in [-0.25, -0.2) is 0 Å². The topological polar surface area (TPSA) is 104 Å². The molecular weight excluding hydrogens is 374 g/mol. The summed E-state index contributed by atoms with van der Waals surface area (Å²) in [6, 6.07) is 3.06. The number of aromatic hydroxyl groups is 1. The minimum atomic E-state index is -0.664. The molecule has 0 aliphatic heterocycles. The summed E-state index contributed by atoms with van der Waals surface area (Å²) >= 11 is 0. The highest BCUT2D eigenvalue weighted by Gasteiger charge is 2.20. The van der Waals surface area contributed by atoms with Crippen LogP contribution in [-0.2, 0) is 0 Å². The number of aromatic amines is 1. The lowest BCUT2D eigenvalue weighted by atomic mass is 10.1. The molecule has 3 N–H and O–H groups in total. The van der Waals surface area contributed by atoms with Crippen LogP contribution >= 0.6 is 0 Å². The van der Waals surface area contributed by atoms with Crippen molar-refractivity contribution in [2.75, 3.05) is 40.4 Å². The summed E-state index contributed by atoms with van der Waals surface area (Å²) in [6.07, 6.45) is 0. The second-order valence-corrected chi connectivity index (χ2v) is 5.71. The van der Waals surface area contributed by atoms with Crippen LogP contribution < -0.4 is 32.8 Å². The maximum Gasteiger partial charge on any atom is 0.265 e. The van der Waals surface area contributed by atoms with Crippen LogP contribution in [0.1, 0.15) is 24.2 Å². The van der Waals surface area contributed by atoms with Gasteiger partial charge in [0, 0.05) is 24.5 Å². The molecule has 2 aromatic rings. The SMILES string of the molecule is CCN(CC)CCNC(=O)c1c(O)c2cc(OC)c(OC)cc2[nH]c1=O.[Cl-]. The summed E-state index contributed by atoms with van der Waals surface area (Å²) in [5, 5.41) is 13.5. The van der Waals surface area contributed by atoms with Crippen molar-refractivity contribution >= 4 is 16.8 Å². The average molecular weight is 399 g/mol. The summed E-state index contributed by atoms with van der Waals surface area (Å²) in [5.41, 5.74) is -0.628. The minimum absolute atomic E-state index is 0. The Morgan fingerprint density at radius 1 is 1.19 bits per heavy atom. The fraction of sp³-hybridized carbons (Fsp3) is 0.444. The molecule has 150 valence electrons. The van der Waals surface area contributed by atoms with E-state index in [4.69, 9.17) is 9.47 Å². The van der Waals surface area contributed by atoms with Crippen molar-refractivity contribution < 1.29 is 31.8 Å². The highest BCUT2D eigenvalue weighted by atomic mass is 35.5. The minimum Gasteiger partial charge on any atom is -1.00 e. The molecule has 0 aliphatic rings. The largest absolute Gasteiger partial charge is 1.00 e. The molecule has 0 saturated carbocycles. The van der Waals surface area contributed by atoms with Gasteiger partial charge in [-0.15, -0.1) is 0 Å². The molecule has 8 nitrogen and oxygen atoms in total. The van der Waals surface area contributed by atoms with Crippen LogP contribution in [-0.4, -0.2) is 61.3 Å². The molecule has 0 atom stereocenters. The first-order valence-electron chi connectivity index (χ1n) is 8.48. The molecule has 0 bridgehead atoms. The monoisotopic (exact) mass is 398 g/mol. The van der Waals surface area contributed by atoms with E-state index in [9.17, 15) is 14.7 Å². The van der Waals surface area contributed by atoms with Gasteiger partial charge in [-0.2, -0.15) is 0 Å². The number of methoxy groups -OCH3 is 2. The zero-order valence-corrected chi connectivity index (χ0v) is 16.6. The van der Waals surface area contributed by atoms with Gasteiger partial charge in [-0.05, 0) is 19.2 Å². The Morgan fingerprint density at radius 3 is 2.33 bits per heavy atom. The first-order valence-corrected chi connectivity index (χ1v) is 8.48. The number of hydrogen-bond donors (Lipinski definition) is 3. The number of halogens is 1. The van der Waals surface area contributed by atoms with E-state index in [1.807, 2.05) is 13.8 Å². The normalized spacial score (nSPS) is 10.6. The molecule has 2 rings (SSSR count). The molecule has 9 heteroatoms. The number of hydrogen-bond acceptors (Lipinski definition) is 6. The van der Waals surface area contributed by atoms with Crippen LogP contribution in [0.3, 0.4) is 0 Å². The average Bonchev–Trinajstić information content (AvgIpc) is 2.64. The number of nitrogens with one attached hydrogen (secondary N) is 2. The first-order chi connectivity index (χ1) is 12.5. The molecule has 1 amide bonds. The molecule has 0 saturated heterocycles. The zero-order chi connectivity index (χ0) is 19.3. The lowest BCUT2D eigenvalue weighted by Crippen LogP contribution is -3.00. The molecule has 1 aromatic heterocycles. The molecule has 0 unspecified atom stereocenters. The number of H-pyrrole nitrogens is 1. The fourth-order valence-corrected chi connectivity index (χ4v) is 2.77. The predicted octanol–water partition coefficient (Wildman–Crippen LogP) is -1.67. The summed E-state index contributed by atoms with van der Waals surface area (Å²) in [5.74, 6) is -0.209. The number of carbonyl (C=O) groups is 1. The molecule has 0 spiro atoms. The number of nitrogens with zero attached hydrogens (tertiary/aromatic N) is 1. The molecule has 27 heavy (non-hydrogen) atoms. The number of pyridine rings is 1. The van der Waals surface area contributed by atoms with Gasteiger partial charge < -0.3 is 42.2 Å². The van der Waals surface area contributed by atoms with Crippen LogP contribution in [0.5, 0.6) is 17.2 Å². The van der Waals surface area contributed by atoms with Gasteiger partial charge in [0.2, 0.25) is 0 Å². The smallest absolute Gasteiger partial charge is 0.265 e. The van der Waals surface area contributed by atoms with E-state index < -0.39 is 11.5 Å². The van der Waals surface area contributed by atoms with Crippen LogP contribution in [0.2, 0.25) is 0 Å². The number of aromatic nitrogens is 1. The highest BCUT2D eigenvalue weighted by Crippen LogP contribution is 2.35. The molecule has 0 fully saturated rings. The van der Waals surface area contributed by atoms with Gasteiger partial charge in [-0.3, -0.25) is 9.59 Å². The summed E-state index contributed by atoms with van der Waals surface area (Å²) in [7, 11) is 2.94. The number of rotatable bonds is 8. The van der Waals surface area contributed by atoms with E-state index in [-0.39, 0.29) is 23.7 Å². The second-order valence-electron chi connectivity index (χ2n) is 5.71. The second kappa shape index (κ2) is 10.0. The summed E-state index contributed by atoms with van der Waals surface area (Å²) in [4.78, 5) is 29.4. The lowest BCUT2D eigenvalue weighted by molar-refractivity contribution is -0.0000159. The Bertz CT molecular complexity index is 849. The van der Waals surface area contributed by atoms with Crippen molar-refractivity contribution in [3.63, 3.8) is 0 Å². The standard InChI is InChI=1S/C18H25N3O5.ClH/c1-5-21(6-2)8-7-19-17(23)15-16(22)11-9-13(25-3)14(26-4)10-12(11)20-18(15)24;/h9-10H,5-8H2,1-4H3,(H,19,23)(H2,20,22,24);1H/p-1. The van der Waals surface area contributed by atoms with Crippen molar-refractivity contribution in [1.82, 2.24) is 15.2 Å². The van der Waals surface area contributed by atoms with E-state index in [0.717, 1.165) is 13.1 Å². The third-order valence-electron chi connectivity index (χ3n) is 4.33. The van der Waals surface area contributed by atoms with Crippen LogP contribution in [0, 0.1) is 0 Å². The quantitative estimate of drug-likeness (QED) is 0.491. The number of fused-ring (bicyclic) bond motifs is 1. The van der Waals surface area contributed by atoms with Crippen molar-refractivity contribution in [1.29, 1.82) is 0 Å². The molecule has 0 aliphatic carbocycles. The lowest BCUT2D eigenvalue weighted by Gasteiger charge is -2.18. The first kappa shape index (κ1) is 22.6. The van der Waals surface area contributed by atoms with Gasteiger partial charge in [0.15, 0.2) is 11.5 Å². The Hall–Kier alpha value is -2.45. The van der Waals surface area contributed by atoms with Crippen LogP contribution in [0.25, 0.3) is 10.9 Å². The Kier molecular flexibility index (Phi) is 8.39. The van der Waals surface area contributed by atoms with E-state index in [1.165, 1.54) is 26.4 Å². The Labute approximate surface area is 163 Å². The van der Waals surface area contributed by atoms with Crippen molar-refractivity contribution in [3.05, 3.63) is 28.0 Å². The van der Waals surface area contributed by atoms with Crippen molar-refractivity contribution in [2.24, 2.45) is 0 Å². The van der Waals surface area contributed by atoms with Gasteiger partial charge >= 0.3 is 0 Å². The molecule has 1 heterocycles. The van der Waals surface area contributed by atoms with Gasteiger partial charge in [0.25, 0.3) is 11.5 Å². The summed E-state index contributed by atoms with van der Waals surface area (Å²) in [6.45, 7) is 6.85. The summed E-state index contributed by atoms with van der Waals surface area (Å²) < 4.78 is 10.4. The Morgan fingerprint density at radius 2 is 1.78 bits per heavy atom.